The van der Waals surface area contributed by atoms with Gasteiger partial charge < -0.3 is 5.73 Å². The lowest BCUT2D eigenvalue weighted by Gasteiger charge is -2.06. The summed E-state index contributed by atoms with van der Waals surface area (Å²) in [7, 11) is 0. The summed E-state index contributed by atoms with van der Waals surface area (Å²) in [6.07, 6.45) is 1.08. The molecule has 1 aromatic rings. The Labute approximate surface area is 122 Å². The lowest BCUT2D eigenvalue weighted by Crippen LogP contribution is -2.15. The van der Waals surface area contributed by atoms with Gasteiger partial charge in [0.25, 0.3) is 0 Å². The Balaban J connectivity index is 2.20. The molecule has 1 atom stereocenters. The Morgan fingerprint density at radius 1 is 1.24 bits per heavy atom. The molecule has 0 saturated carbocycles. The predicted octanol–water partition coefficient (Wildman–Crippen LogP) is 4.56. The van der Waals surface area contributed by atoms with Crippen molar-refractivity contribution in [1.82, 2.24) is 0 Å². The molecule has 17 heavy (non-hydrogen) atoms. The van der Waals surface area contributed by atoms with E-state index in [4.69, 9.17) is 28.9 Å². The van der Waals surface area contributed by atoms with Gasteiger partial charge in [-0.3, -0.25) is 0 Å². The van der Waals surface area contributed by atoms with Gasteiger partial charge in [0, 0.05) is 27.5 Å². The lowest BCUT2D eigenvalue weighted by atomic mass is 10.3. The van der Waals surface area contributed by atoms with Crippen molar-refractivity contribution in [3.05, 3.63) is 28.2 Å². The standard InChI is InChI=1S/C12H17Cl2NS2/c1-9(15)4-5-16-6-7-17-12-8-10(13)2-3-11(12)14/h2-3,8-9H,4-7,15H2,1H3. The lowest BCUT2D eigenvalue weighted by molar-refractivity contribution is 0.721. The monoisotopic (exact) mass is 309 g/mol. The molecule has 0 aromatic heterocycles. The highest BCUT2D eigenvalue weighted by Gasteiger charge is 2.02. The van der Waals surface area contributed by atoms with Crippen molar-refractivity contribution < 1.29 is 0 Å². The molecule has 1 rings (SSSR count). The topological polar surface area (TPSA) is 26.0 Å². The predicted molar refractivity (Wildman–Crippen MR) is 82.8 cm³/mol. The quantitative estimate of drug-likeness (QED) is 0.591. The minimum Gasteiger partial charge on any atom is -0.328 e. The number of benzene rings is 1. The third-order valence-corrected chi connectivity index (χ3v) is 5.11. The van der Waals surface area contributed by atoms with Gasteiger partial charge in [-0.25, -0.2) is 0 Å². The van der Waals surface area contributed by atoms with E-state index >= 15 is 0 Å². The van der Waals surface area contributed by atoms with Gasteiger partial charge in [0.2, 0.25) is 0 Å². The molecule has 0 spiro atoms. The first-order valence-electron chi connectivity index (χ1n) is 5.51. The molecule has 0 aliphatic heterocycles. The third kappa shape index (κ3) is 6.82. The third-order valence-electron chi connectivity index (χ3n) is 2.10. The van der Waals surface area contributed by atoms with Crippen molar-refractivity contribution in [3.8, 4) is 0 Å². The molecule has 96 valence electrons. The van der Waals surface area contributed by atoms with E-state index in [1.54, 1.807) is 11.8 Å². The van der Waals surface area contributed by atoms with Gasteiger partial charge in [-0.1, -0.05) is 23.2 Å². The number of hydrogen-bond acceptors (Lipinski definition) is 3. The average Bonchev–Trinajstić information content (AvgIpc) is 2.27. The van der Waals surface area contributed by atoms with Crippen LogP contribution in [-0.4, -0.2) is 23.3 Å². The van der Waals surface area contributed by atoms with Crippen LogP contribution in [0.1, 0.15) is 13.3 Å². The van der Waals surface area contributed by atoms with Crippen LogP contribution in [0.5, 0.6) is 0 Å². The molecule has 0 bridgehead atoms. The van der Waals surface area contributed by atoms with Gasteiger partial charge in [0.1, 0.15) is 0 Å². The largest absolute Gasteiger partial charge is 0.328 e. The van der Waals surface area contributed by atoms with Gasteiger partial charge in [0.05, 0.1) is 5.02 Å². The Bertz CT molecular complexity index is 345. The number of thioether (sulfide) groups is 2. The molecule has 1 unspecified atom stereocenters. The molecule has 0 aliphatic rings. The zero-order chi connectivity index (χ0) is 12.7. The van der Waals surface area contributed by atoms with Crippen LogP contribution < -0.4 is 5.73 Å². The Hall–Kier alpha value is 0.460. The van der Waals surface area contributed by atoms with E-state index in [9.17, 15) is 0 Å². The van der Waals surface area contributed by atoms with Crippen LogP contribution in [0.3, 0.4) is 0 Å². The SMILES string of the molecule is CC(N)CCSCCSc1cc(Cl)ccc1Cl. The van der Waals surface area contributed by atoms with Crippen molar-refractivity contribution in [2.75, 3.05) is 17.3 Å². The summed E-state index contributed by atoms with van der Waals surface area (Å²) in [5, 5.41) is 1.52. The van der Waals surface area contributed by atoms with Gasteiger partial charge in [0.15, 0.2) is 0 Å². The first kappa shape index (κ1) is 15.5. The van der Waals surface area contributed by atoms with Crippen molar-refractivity contribution in [3.63, 3.8) is 0 Å². The summed E-state index contributed by atoms with van der Waals surface area (Å²) in [5.41, 5.74) is 5.68. The molecule has 5 heteroatoms. The van der Waals surface area contributed by atoms with Crippen LogP contribution in [0.2, 0.25) is 10.0 Å². The molecule has 0 radical (unpaired) electrons. The average molecular weight is 310 g/mol. The molecular formula is C12H17Cl2NS2. The Morgan fingerprint density at radius 2 is 2.00 bits per heavy atom. The van der Waals surface area contributed by atoms with Crippen LogP contribution in [0.4, 0.5) is 0 Å². The highest BCUT2D eigenvalue weighted by atomic mass is 35.5. The van der Waals surface area contributed by atoms with E-state index in [-0.39, 0.29) is 0 Å². The minimum atomic E-state index is 0.303. The van der Waals surface area contributed by atoms with E-state index in [2.05, 4.69) is 0 Å². The number of nitrogens with two attached hydrogens (primary N) is 1. The molecule has 1 aromatic carbocycles. The van der Waals surface area contributed by atoms with Crippen LogP contribution in [0.15, 0.2) is 23.1 Å². The normalized spacial score (nSPS) is 12.7. The maximum absolute atomic E-state index is 6.08. The van der Waals surface area contributed by atoms with E-state index in [1.165, 1.54) is 0 Å². The summed E-state index contributed by atoms with van der Waals surface area (Å²) in [6.45, 7) is 2.04. The fraction of sp³-hybridized carbons (Fsp3) is 0.500. The van der Waals surface area contributed by atoms with E-state index < -0.39 is 0 Å². The molecule has 0 saturated heterocycles. The van der Waals surface area contributed by atoms with E-state index in [0.717, 1.165) is 38.6 Å². The van der Waals surface area contributed by atoms with Gasteiger partial charge in [-0.2, -0.15) is 11.8 Å². The van der Waals surface area contributed by atoms with Crippen molar-refractivity contribution >= 4 is 46.7 Å². The number of rotatable bonds is 7. The van der Waals surface area contributed by atoms with Crippen LogP contribution in [0, 0.1) is 0 Å². The maximum Gasteiger partial charge on any atom is 0.0542 e. The summed E-state index contributed by atoms with van der Waals surface area (Å²) in [5.74, 6) is 3.28. The van der Waals surface area contributed by atoms with E-state index in [1.807, 2.05) is 36.9 Å². The van der Waals surface area contributed by atoms with Gasteiger partial charge in [-0.05, 0) is 37.3 Å². The molecule has 0 amide bonds. The second-order valence-corrected chi connectivity index (χ2v) is 7.01. The molecule has 1 nitrogen and oxygen atoms in total. The maximum atomic E-state index is 6.08. The summed E-state index contributed by atoms with van der Waals surface area (Å²) in [6, 6.07) is 5.87. The molecule has 2 N–H and O–H groups in total. The second kappa shape index (κ2) is 8.54. The first-order chi connectivity index (χ1) is 8.09. The van der Waals surface area contributed by atoms with Crippen molar-refractivity contribution in [2.45, 2.75) is 24.3 Å². The Kier molecular flexibility index (Phi) is 7.80. The zero-order valence-electron chi connectivity index (χ0n) is 9.79. The summed E-state index contributed by atoms with van der Waals surface area (Å²) in [4.78, 5) is 1.06. The van der Waals surface area contributed by atoms with Crippen molar-refractivity contribution in [1.29, 1.82) is 0 Å². The van der Waals surface area contributed by atoms with Crippen molar-refractivity contribution in [2.24, 2.45) is 5.73 Å². The van der Waals surface area contributed by atoms with Gasteiger partial charge in [-0.15, -0.1) is 11.8 Å². The molecular weight excluding hydrogens is 293 g/mol. The van der Waals surface area contributed by atoms with E-state index in [0.29, 0.717) is 6.04 Å². The molecule has 0 aliphatic carbocycles. The summed E-state index contributed by atoms with van der Waals surface area (Å²) >= 11 is 15.7. The molecule has 0 fully saturated rings. The zero-order valence-corrected chi connectivity index (χ0v) is 12.9. The fourth-order valence-electron chi connectivity index (χ4n) is 1.17. The van der Waals surface area contributed by atoms with Crippen LogP contribution in [0.25, 0.3) is 0 Å². The van der Waals surface area contributed by atoms with Crippen LogP contribution >= 0.6 is 46.7 Å². The Morgan fingerprint density at radius 3 is 2.71 bits per heavy atom. The minimum absolute atomic E-state index is 0.303. The van der Waals surface area contributed by atoms with Gasteiger partial charge >= 0.3 is 0 Å². The fourth-order valence-corrected chi connectivity index (χ4v) is 3.87. The smallest absolute Gasteiger partial charge is 0.0542 e. The number of hydrogen-bond donors (Lipinski definition) is 1. The molecule has 0 heterocycles. The summed E-state index contributed by atoms with van der Waals surface area (Å²) < 4.78 is 0. The first-order valence-corrected chi connectivity index (χ1v) is 8.40. The highest BCUT2D eigenvalue weighted by Crippen LogP contribution is 2.30. The highest BCUT2D eigenvalue weighted by molar-refractivity contribution is 8.03. The number of halogens is 2. The van der Waals surface area contributed by atoms with Crippen LogP contribution in [-0.2, 0) is 0 Å². The second-order valence-electron chi connectivity index (χ2n) is 3.80.